The van der Waals surface area contributed by atoms with Gasteiger partial charge in [0.25, 0.3) is 0 Å². The summed E-state index contributed by atoms with van der Waals surface area (Å²) in [6, 6.07) is -0.618. The van der Waals surface area contributed by atoms with E-state index in [1.807, 2.05) is 0 Å². The number of nitrogens with two attached hydrogens (primary N) is 2. The van der Waals surface area contributed by atoms with Gasteiger partial charge in [0.2, 0.25) is 0 Å². The predicted octanol–water partition coefficient (Wildman–Crippen LogP) is 0.0710. The van der Waals surface area contributed by atoms with Crippen LogP contribution in [0.15, 0.2) is 0 Å². The number of urea groups is 1. The van der Waals surface area contributed by atoms with Crippen molar-refractivity contribution in [3.63, 3.8) is 0 Å². The van der Waals surface area contributed by atoms with Gasteiger partial charge in [-0.05, 0) is 13.8 Å². The molecule has 0 aliphatic carbocycles. The molecule has 0 heterocycles. The molecule has 9 heavy (non-hydrogen) atoms. The SMILES string of the molecule is CC(C)N(N)C(N)=O.Cl. The normalized spacial score (nSPS) is 8.44. The average Bonchev–Trinajstić information content (AvgIpc) is 1.64. The van der Waals surface area contributed by atoms with Gasteiger partial charge < -0.3 is 5.73 Å². The Hall–Kier alpha value is -0.480. The fourth-order valence-electron chi connectivity index (χ4n) is 0.254. The lowest BCUT2D eigenvalue weighted by molar-refractivity contribution is 0.194. The fraction of sp³-hybridized carbons (Fsp3) is 0.750. The minimum Gasteiger partial charge on any atom is -0.350 e. The molecule has 0 atom stereocenters. The first-order chi connectivity index (χ1) is 3.55. The summed E-state index contributed by atoms with van der Waals surface area (Å²) < 4.78 is 0. The van der Waals surface area contributed by atoms with Crippen molar-refractivity contribution in [2.45, 2.75) is 19.9 Å². The quantitative estimate of drug-likeness (QED) is 0.318. The van der Waals surface area contributed by atoms with E-state index in [0.717, 1.165) is 5.01 Å². The molecule has 0 aliphatic rings. The number of amides is 2. The van der Waals surface area contributed by atoms with Crippen LogP contribution in [0.1, 0.15) is 13.8 Å². The van der Waals surface area contributed by atoms with Crippen molar-refractivity contribution in [1.82, 2.24) is 5.01 Å². The van der Waals surface area contributed by atoms with Crippen LogP contribution in [-0.4, -0.2) is 17.1 Å². The van der Waals surface area contributed by atoms with E-state index in [0.29, 0.717) is 0 Å². The second-order valence-electron chi connectivity index (χ2n) is 1.84. The van der Waals surface area contributed by atoms with Crippen molar-refractivity contribution < 1.29 is 4.79 Å². The van der Waals surface area contributed by atoms with Crippen LogP contribution in [0.3, 0.4) is 0 Å². The smallest absolute Gasteiger partial charge is 0.329 e. The minimum absolute atomic E-state index is 0. The third-order valence-corrected chi connectivity index (χ3v) is 0.811. The van der Waals surface area contributed by atoms with Crippen molar-refractivity contribution in [3.8, 4) is 0 Å². The molecular weight excluding hydrogens is 142 g/mol. The first-order valence-electron chi connectivity index (χ1n) is 2.39. The molecule has 0 unspecified atom stereocenters. The maximum Gasteiger partial charge on any atom is 0.329 e. The van der Waals surface area contributed by atoms with Crippen molar-refractivity contribution in [2.75, 3.05) is 0 Å². The zero-order chi connectivity index (χ0) is 6.73. The molecule has 0 aliphatic heterocycles. The Morgan fingerprint density at radius 2 is 1.89 bits per heavy atom. The zero-order valence-corrected chi connectivity index (χ0v) is 6.31. The van der Waals surface area contributed by atoms with Gasteiger partial charge in [-0.3, -0.25) is 5.01 Å². The van der Waals surface area contributed by atoms with Gasteiger partial charge in [0.1, 0.15) is 0 Å². The lowest BCUT2D eigenvalue weighted by atomic mass is 10.4. The Balaban J connectivity index is 0. The Morgan fingerprint density at radius 3 is 1.89 bits per heavy atom. The Kier molecular flexibility index (Phi) is 5.55. The molecule has 0 spiro atoms. The summed E-state index contributed by atoms with van der Waals surface area (Å²) in [5.41, 5.74) is 4.80. The number of nitrogens with zero attached hydrogens (tertiary/aromatic N) is 1. The summed E-state index contributed by atoms with van der Waals surface area (Å²) in [5.74, 6) is 5.12. The standard InChI is InChI=1S/C4H11N3O.ClH/c1-3(2)7(6)4(5)8;/h3H,6H2,1-2H3,(H2,5,8);1H. The van der Waals surface area contributed by atoms with Crippen LogP contribution in [0.2, 0.25) is 0 Å². The van der Waals surface area contributed by atoms with E-state index in [1.54, 1.807) is 13.8 Å². The minimum atomic E-state index is -0.597. The van der Waals surface area contributed by atoms with Gasteiger partial charge in [0.05, 0.1) is 0 Å². The van der Waals surface area contributed by atoms with E-state index >= 15 is 0 Å². The van der Waals surface area contributed by atoms with E-state index in [4.69, 9.17) is 11.6 Å². The molecule has 0 bridgehead atoms. The number of carbonyl (C=O) groups is 1. The van der Waals surface area contributed by atoms with E-state index in [-0.39, 0.29) is 18.4 Å². The van der Waals surface area contributed by atoms with Gasteiger partial charge in [-0.2, -0.15) is 0 Å². The molecule has 5 heteroatoms. The second kappa shape index (κ2) is 4.40. The molecular formula is C4H12ClN3O. The van der Waals surface area contributed by atoms with Gasteiger partial charge in [-0.25, -0.2) is 10.6 Å². The highest BCUT2D eigenvalue weighted by atomic mass is 35.5. The number of hydrogen-bond acceptors (Lipinski definition) is 2. The van der Waals surface area contributed by atoms with Crippen LogP contribution < -0.4 is 11.6 Å². The topological polar surface area (TPSA) is 72.3 Å². The molecule has 56 valence electrons. The molecule has 0 radical (unpaired) electrons. The van der Waals surface area contributed by atoms with Crippen molar-refractivity contribution in [2.24, 2.45) is 11.6 Å². The summed E-state index contributed by atoms with van der Waals surface area (Å²) in [7, 11) is 0. The summed E-state index contributed by atoms with van der Waals surface area (Å²) in [6.45, 7) is 3.56. The van der Waals surface area contributed by atoms with Crippen LogP contribution >= 0.6 is 12.4 Å². The van der Waals surface area contributed by atoms with Gasteiger partial charge in [-0.1, -0.05) is 0 Å². The molecule has 0 aromatic rings. The van der Waals surface area contributed by atoms with Crippen LogP contribution in [0, 0.1) is 0 Å². The molecule has 0 saturated carbocycles. The van der Waals surface area contributed by atoms with Crippen molar-refractivity contribution in [1.29, 1.82) is 0 Å². The largest absolute Gasteiger partial charge is 0.350 e. The summed E-state index contributed by atoms with van der Waals surface area (Å²) >= 11 is 0. The monoisotopic (exact) mass is 153 g/mol. The lowest BCUT2D eigenvalue weighted by Crippen LogP contribution is -2.45. The number of halogens is 1. The maximum atomic E-state index is 10.2. The number of rotatable bonds is 1. The van der Waals surface area contributed by atoms with Crippen LogP contribution in [0.5, 0.6) is 0 Å². The van der Waals surface area contributed by atoms with E-state index in [1.165, 1.54) is 0 Å². The Bertz CT molecular complexity index is 95.8. The highest BCUT2D eigenvalue weighted by Crippen LogP contribution is 1.86. The van der Waals surface area contributed by atoms with Crippen molar-refractivity contribution >= 4 is 18.4 Å². The Morgan fingerprint density at radius 1 is 1.56 bits per heavy atom. The van der Waals surface area contributed by atoms with Gasteiger partial charge in [0, 0.05) is 6.04 Å². The third-order valence-electron chi connectivity index (χ3n) is 0.811. The zero-order valence-electron chi connectivity index (χ0n) is 5.50. The van der Waals surface area contributed by atoms with Crippen molar-refractivity contribution in [3.05, 3.63) is 0 Å². The first kappa shape index (κ1) is 11.3. The van der Waals surface area contributed by atoms with E-state index < -0.39 is 6.03 Å². The number of hydrogen-bond donors (Lipinski definition) is 2. The highest BCUT2D eigenvalue weighted by Gasteiger charge is 2.05. The Labute approximate surface area is 60.6 Å². The van der Waals surface area contributed by atoms with Crippen LogP contribution in [0.25, 0.3) is 0 Å². The molecule has 0 fully saturated rings. The fourth-order valence-corrected chi connectivity index (χ4v) is 0.254. The highest BCUT2D eigenvalue weighted by molar-refractivity contribution is 5.85. The third kappa shape index (κ3) is 4.05. The van der Waals surface area contributed by atoms with Gasteiger partial charge in [0.15, 0.2) is 0 Å². The van der Waals surface area contributed by atoms with E-state index in [2.05, 4.69) is 0 Å². The number of hydrazine groups is 1. The summed E-state index contributed by atoms with van der Waals surface area (Å²) in [4.78, 5) is 10.2. The van der Waals surface area contributed by atoms with E-state index in [9.17, 15) is 4.79 Å². The molecule has 0 saturated heterocycles. The lowest BCUT2D eigenvalue weighted by Gasteiger charge is -2.16. The van der Waals surface area contributed by atoms with Gasteiger partial charge in [-0.15, -0.1) is 12.4 Å². The average molecular weight is 154 g/mol. The molecule has 4 N–H and O–H groups in total. The molecule has 2 amide bonds. The molecule has 0 rings (SSSR count). The first-order valence-corrected chi connectivity index (χ1v) is 2.39. The second-order valence-corrected chi connectivity index (χ2v) is 1.84. The van der Waals surface area contributed by atoms with Crippen LogP contribution in [0.4, 0.5) is 4.79 Å². The van der Waals surface area contributed by atoms with Gasteiger partial charge >= 0.3 is 6.03 Å². The molecule has 4 nitrogen and oxygen atoms in total. The summed E-state index contributed by atoms with van der Waals surface area (Å²) in [5, 5.41) is 0.972. The number of carbonyl (C=O) groups excluding carboxylic acids is 1. The summed E-state index contributed by atoms with van der Waals surface area (Å²) in [6.07, 6.45) is 0. The van der Waals surface area contributed by atoms with Crippen LogP contribution in [-0.2, 0) is 0 Å². The predicted molar refractivity (Wildman–Crippen MR) is 38.0 cm³/mol. The molecule has 0 aromatic carbocycles. The molecule has 0 aromatic heterocycles. The number of primary amides is 1. The maximum absolute atomic E-state index is 10.2.